The van der Waals surface area contributed by atoms with Crippen LogP contribution in [0.2, 0.25) is 0 Å². The molecule has 0 atom stereocenters. The van der Waals surface area contributed by atoms with E-state index in [1.54, 1.807) is 0 Å². The lowest BCUT2D eigenvalue weighted by Gasteiger charge is -2.25. The SMILES string of the molecule is CCOC=Nn1c(N2CCCC2)nn(C(=O)NC(C)(C)CCc2ccccc2)c1=O. The molecule has 2 heterocycles. The molecule has 9 nitrogen and oxygen atoms in total. The van der Waals surface area contributed by atoms with E-state index >= 15 is 0 Å². The molecule has 0 saturated carbocycles. The molecule has 162 valence electrons. The summed E-state index contributed by atoms with van der Waals surface area (Å²) in [5.74, 6) is 0.352. The zero-order valence-electron chi connectivity index (χ0n) is 17.9. The third-order valence-corrected chi connectivity index (χ3v) is 5.05. The largest absolute Gasteiger partial charge is 0.482 e. The number of carbonyl (C=O) groups excluding carboxylic acids is 1. The summed E-state index contributed by atoms with van der Waals surface area (Å²) in [5, 5.41) is 11.3. The number of hydrogen-bond donors (Lipinski definition) is 1. The molecule has 0 bridgehead atoms. The lowest BCUT2D eigenvalue weighted by molar-refractivity contribution is 0.225. The van der Waals surface area contributed by atoms with Crippen LogP contribution in [0.15, 0.2) is 40.2 Å². The van der Waals surface area contributed by atoms with Gasteiger partial charge in [-0.1, -0.05) is 30.3 Å². The van der Waals surface area contributed by atoms with Crippen molar-refractivity contribution in [1.82, 2.24) is 19.8 Å². The van der Waals surface area contributed by atoms with E-state index in [9.17, 15) is 9.59 Å². The minimum Gasteiger partial charge on any atom is -0.482 e. The second kappa shape index (κ2) is 9.60. The van der Waals surface area contributed by atoms with Crippen molar-refractivity contribution in [3.8, 4) is 0 Å². The molecular weight excluding hydrogens is 384 g/mol. The molecule has 1 aromatic heterocycles. The Hall–Kier alpha value is -3.10. The summed E-state index contributed by atoms with van der Waals surface area (Å²) >= 11 is 0. The first kappa shape index (κ1) is 21.6. The number of nitrogens with one attached hydrogen (secondary N) is 1. The van der Waals surface area contributed by atoms with Crippen molar-refractivity contribution in [3.63, 3.8) is 0 Å². The van der Waals surface area contributed by atoms with Gasteiger partial charge in [-0.3, -0.25) is 0 Å². The molecule has 30 heavy (non-hydrogen) atoms. The van der Waals surface area contributed by atoms with Gasteiger partial charge in [-0.25, -0.2) is 9.59 Å². The number of hydrogen-bond acceptors (Lipinski definition) is 6. The van der Waals surface area contributed by atoms with Crippen LogP contribution < -0.4 is 15.9 Å². The van der Waals surface area contributed by atoms with Crippen LogP contribution in [0.3, 0.4) is 0 Å². The summed E-state index contributed by atoms with van der Waals surface area (Å²) in [6.45, 7) is 7.66. The van der Waals surface area contributed by atoms with Crippen LogP contribution in [0.1, 0.15) is 45.6 Å². The summed E-state index contributed by atoms with van der Waals surface area (Å²) in [7, 11) is 0. The van der Waals surface area contributed by atoms with Gasteiger partial charge < -0.3 is 15.0 Å². The van der Waals surface area contributed by atoms with E-state index < -0.39 is 17.3 Å². The van der Waals surface area contributed by atoms with Gasteiger partial charge in [0.15, 0.2) is 6.40 Å². The Morgan fingerprint density at radius 3 is 2.63 bits per heavy atom. The van der Waals surface area contributed by atoms with Crippen molar-refractivity contribution >= 4 is 18.4 Å². The van der Waals surface area contributed by atoms with E-state index in [1.807, 2.05) is 43.9 Å². The van der Waals surface area contributed by atoms with E-state index in [0.29, 0.717) is 12.6 Å². The average Bonchev–Trinajstić information content (AvgIpc) is 3.36. The number of rotatable bonds is 8. The Kier molecular flexibility index (Phi) is 6.91. The predicted octanol–water partition coefficient (Wildman–Crippen LogP) is 2.44. The quantitative estimate of drug-likeness (QED) is 0.529. The predicted molar refractivity (Wildman–Crippen MR) is 116 cm³/mol. The minimum atomic E-state index is -0.621. The summed E-state index contributed by atoms with van der Waals surface area (Å²) < 4.78 is 7.10. The minimum absolute atomic E-state index is 0.352. The Balaban J connectivity index is 1.77. The van der Waals surface area contributed by atoms with E-state index in [0.717, 1.165) is 48.1 Å². The average molecular weight is 415 g/mol. The van der Waals surface area contributed by atoms with Crippen LogP contribution >= 0.6 is 0 Å². The van der Waals surface area contributed by atoms with E-state index in [-0.39, 0.29) is 0 Å². The monoisotopic (exact) mass is 414 g/mol. The Bertz CT molecular complexity index is 926. The van der Waals surface area contributed by atoms with Gasteiger partial charge in [-0.2, -0.15) is 0 Å². The maximum absolute atomic E-state index is 12.9. The molecule has 1 aromatic carbocycles. The van der Waals surface area contributed by atoms with Crippen LogP contribution in [0.4, 0.5) is 10.7 Å². The number of aryl methyl sites for hydroxylation is 1. The molecule has 0 unspecified atom stereocenters. The van der Waals surface area contributed by atoms with Crippen molar-refractivity contribution in [3.05, 3.63) is 46.4 Å². The highest BCUT2D eigenvalue weighted by atomic mass is 16.5. The molecule has 3 rings (SSSR count). The second-order valence-electron chi connectivity index (χ2n) is 7.98. The number of carbonyl (C=O) groups is 1. The van der Waals surface area contributed by atoms with Crippen molar-refractivity contribution in [1.29, 1.82) is 0 Å². The molecular formula is C21H30N6O3. The highest BCUT2D eigenvalue weighted by Gasteiger charge is 2.27. The Labute approximate surface area is 176 Å². The fourth-order valence-electron chi connectivity index (χ4n) is 3.36. The third kappa shape index (κ3) is 5.28. The number of benzene rings is 1. The van der Waals surface area contributed by atoms with Gasteiger partial charge in [0.05, 0.1) is 6.61 Å². The van der Waals surface area contributed by atoms with Crippen LogP contribution in [-0.4, -0.2) is 52.1 Å². The second-order valence-corrected chi connectivity index (χ2v) is 7.98. The molecule has 1 aliphatic heterocycles. The zero-order chi connectivity index (χ0) is 21.6. The van der Waals surface area contributed by atoms with E-state index in [2.05, 4.69) is 27.6 Å². The summed E-state index contributed by atoms with van der Waals surface area (Å²) in [6, 6.07) is 9.52. The molecule has 1 fully saturated rings. The first-order valence-corrected chi connectivity index (χ1v) is 10.4. The molecule has 9 heteroatoms. The maximum Gasteiger partial charge on any atom is 0.377 e. The van der Waals surface area contributed by atoms with Crippen LogP contribution in [0.5, 0.6) is 0 Å². The number of nitrogens with zero attached hydrogens (tertiary/aromatic N) is 5. The topological polar surface area (TPSA) is 93.8 Å². The molecule has 0 radical (unpaired) electrons. The fraction of sp³-hybridized carbons (Fsp3) is 0.524. The summed E-state index contributed by atoms with van der Waals surface area (Å²) in [4.78, 5) is 27.7. The smallest absolute Gasteiger partial charge is 0.377 e. The van der Waals surface area contributed by atoms with Crippen molar-refractivity contribution in [2.45, 2.75) is 52.0 Å². The summed E-state index contributed by atoms with van der Waals surface area (Å²) in [5.41, 5.74) is 0.0606. The van der Waals surface area contributed by atoms with Gasteiger partial charge in [-0.05, 0) is 52.0 Å². The van der Waals surface area contributed by atoms with Gasteiger partial charge >= 0.3 is 11.7 Å². The highest BCUT2D eigenvalue weighted by Crippen LogP contribution is 2.17. The number of amides is 1. The van der Waals surface area contributed by atoms with Crippen molar-refractivity contribution < 1.29 is 9.53 Å². The van der Waals surface area contributed by atoms with Gasteiger partial charge in [-0.15, -0.1) is 19.6 Å². The molecule has 1 N–H and O–H groups in total. The van der Waals surface area contributed by atoms with Crippen molar-refractivity contribution in [2.75, 3.05) is 24.6 Å². The van der Waals surface area contributed by atoms with E-state index in [4.69, 9.17) is 4.74 Å². The third-order valence-electron chi connectivity index (χ3n) is 5.05. The standard InChI is InChI=1S/C21H30N6O3/c1-4-30-16-22-26-18(25-14-8-9-15-25)24-27(20(26)29)19(28)23-21(2,3)13-12-17-10-6-5-7-11-17/h5-7,10-11,16H,4,8-9,12-15H2,1-3H3,(H,23,28). The molecule has 0 spiro atoms. The first-order chi connectivity index (χ1) is 14.4. The van der Waals surface area contributed by atoms with Gasteiger partial charge in [0.2, 0.25) is 5.95 Å². The molecule has 2 aromatic rings. The maximum atomic E-state index is 12.9. The number of anilines is 1. The van der Waals surface area contributed by atoms with Gasteiger partial charge in [0.1, 0.15) is 0 Å². The van der Waals surface area contributed by atoms with E-state index in [1.165, 1.54) is 12.0 Å². The molecule has 1 amide bonds. The Morgan fingerprint density at radius 1 is 1.27 bits per heavy atom. The van der Waals surface area contributed by atoms with Crippen molar-refractivity contribution in [2.24, 2.45) is 5.10 Å². The highest BCUT2D eigenvalue weighted by molar-refractivity contribution is 5.76. The lowest BCUT2D eigenvalue weighted by Crippen LogP contribution is -2.48. The lowest BCUT2D eigenvalue weighted by atomic mass is 9.95. The first-order valence-electron chi connectivity index (χ1n) is 10.4. The fourth-order valence-corrected chi connectivity index (χ4v) is 3.36. The van der Waals surface area contributed by atoms with Gasteiger partial charge in [0.25, 0.3) is 0 Å². The molecule has 1 saturated heterocycles. The zero-order valence-corrected chi connectivity index (χ0v) is 17.9. The molecule has 0 aliphatic carbocycles. The summed E-state index contributed by atoms with van der Waals surface area (Å²) in [6.07, 6.45) is 4.76. The number of ether oxygens (including phenoxy) is 1. The Morgan fingerprint density at radius 2 is 1.97 bits per heavy atom. The van der Waals surface area contributed by atoms with Crippen LogP contribution in [0.25, 0.3) is 0 Å². The van der Waals surface area contributed by atoms with Crippen LogP contribution in [-0.2, 0) is 11.2 Å². The van der Waals surface area contributed by atoms with Crippen LogP contribution in [0, 0.1) is 0 Å². The van der Waals surface area contributed by atoms with Gasteiger partial charge in [0, 0.05) is 18.6 Å². The normalized spacial score (nSPS) is 14.4. The molecule has 1 aliphatic rings. The number of aromatic nitrogens is 3.